The second-order valence-electron chi connectivity index (χ2n) is 7.81. The van der Waals surface area contributed by atoms with Crippen molar-refractivity contribution in [3.8, 4) is 0 Å². The van der Waals surface area contributed by atoms with E-state index >= 15 is 0 Å². The minimum atomic E-state index is -3.96. The maximum atomic E-state index is 14.0. The molecule has 0 spiro atoms. The van der Waals surface area contributed by atoms with Crippen molar-refractivity contribution in [1.82, 2.24) is 4.31 Å². The molecule has 2 aliphatic rings. The first-order valence-electron chi connectivity index (χ1n) is 10.2. The van der Waals surface area contributed by atoms with E-state index < -0.39 is 21.8 Å². The van der Waals surface area contributed by atoms with Gasteiger partial charge in [0.25, 0.3) is 0 Å². The van der Waals surface area contributed by atoms with Gasteiger partial charge in [0.15, 0.2) is 0 Å². The van der Waals surface area contributed by atoms with Crippen molar-refractivity contribution < 1.29 is 27.5 Å². The Labute approximate surface area is 180 Å². The topological polar surface area (TPSA) is 95.0 Å². The molecule has 2 aromatic carbocycles. The van der Waals surface area contributed by atoms with Crippen LogP contribution in [0.1, 0.15) is 35.2 Å². The number of amides is 1. The normalized spacial score (nSPS) is 17.9. The number of nitrogens with zero attached hydrogens (tertiary/aromatic N) is 2. The summed E-state index contributed by atoms with van der Waals surface area (Å²) in [5.41, 5.74) is 1.49. The number of fused-ring (bicyclic) bond motifs is 1. The van der Waals surface area contributed by atoms with E-state index in [1.54, 1.807) is 23.1 Å². The number of carboxylic acids is 1. The Bertz CT molecular complexity index is 1130. The van der Waals surface area contributed by atoms with Gasteiger partial charge in [0, 0.05) is 31.2 Å². The summed E-state index contributed by atoms with van der Waals surface area (Å²) in [6.07, 6.45) is 1.93. The van der Waals surface area contributed by atoms with Crippen molar-refractivity contribution in [2.75, 3.05) is 24.5 Å². The summed E-state index contributed by atoms with van der Waals surface area (Å²) in [5, 5.41) is 9.44. The van der Waals surface area contributed by atoms with Crippen LogP contribution in [0.25, 0.3) is 0 Å². The zero-order chi connectivity index (χ0) is 22.2. The van der Waals surface area contributed by atoms with Crippen molar-refractivity contribution >= 4 is 27.6 Å². The third-order valence-electron chi connectivity index (χ3n) is 6.00. The van der Waals surface area contributed by atoms with Crippen LogP contribution >= 0.6 is 0 Å². The van der Waals surface area contributed by atoms with E-state index in [1.165, 1.54) is 22.5 Å². The maximum absolute atomic E-state index is 14.0. The van der Waals surface area contributed by atoms with Gasteiger partial charge in [-0.25, -0.2) is 17.6 Å². The number of anilines is 1. The molecule has 1 N–H and O–H groups in total. The number of halogens is 1. The number of carbonyl (C=O) groups excluding carboxylic acids is 1. The molecule has 164 valence electrons. The van der Waals surface area contributed by atoms with Gasteiger partial charge in [-0.05, 0) is 55.5 Å². The van der Waals surface area contributed by atoms with Gasteiger partial charge in [0.2, 0.25) is 15.9 Å². The SMILES string of the molecule is O=C(O)c1cccc2c1CCCN2C(=O)C1CCN(S(=O)(=O)c2ccccc2F)CC1. The first kappa shape index (κ1) is 21.5. The second kappa shape index (κ2) is 8.39. The van der Waals surface area contributed by atoms with Crippen LogP contribution in [0.4, 0.5) is 10.1 Å². The fourth-order valence-corrected chi connectivity index (χ4v) is 5.95. The summed E-state index contributed by atoms with van der Waals surface area (Å²) in [6, 6.07) is 10.2. The molecule has 0 radical (unpaired) electrons. The number of hydrogen-bond donors (Lipinski definition) is 1. The predicted molar refractivity (Wildman–Crippen MR) is 112 cm³/mol. The van der Waals surface area contributed by atoms with Gasteiger partial charge < -0.3 is 10.0 Å². The average molecular weight is 447 g/mol. The largest absolute Gasteiger partial charge is 0.478 e. The highest BCUT2D eigenvalue weighted by molar-refractivity contribution is 7.89. The van der Waals surface area contributed by atoms with Crippen molar-refractivity contribution in [3.05, 3.63) is 59.4 Å². The average Bonchev–Trinajstić information content (AvgIpc) is 2.78. The summed E-state index contributed by atoms with van der Waals surface area (Å²) in [7, 11) is -3.96. The van der Waals surface area contributed by atoms with Gasteiger partial charge in [-0.15, -0.1) is 0 Å². The molecule has 0 aliphatic carbocycles. The van der Waals surface area contributed by atoms with Gasteiger partial charge in [-0.2, -0.15) is 4.31 Å². The fraction of sp³-hybridized carbons (Fsp3) is 0.364. The Morgan fingerprint density at radius 2 is 1.71 bits per heavy atom. The summed E-state index contributed by atoms with van der Waals surface area (Å²) >= 11 is 0. The molecular formula is C22H23FN2O5S. The summed E-state index contributed by atoms with van der Waals surface area (Å²) in [6.45, 7) is 0.758. The molecule has 7 nitrogen and oxygen atoms in total. The molecule has 2 aromatic rings. The minimum Gasteiger partial charge on any atom is -0.478 e. The van der Waals surface area contributed by atoms with Crippen molar-refractivity contribution in [3.63, 3.8) is 0 Å². The van der Waals surface area contributed by atoms with Gasteiger partial charge >= 0.3 is 5.97 Å². The van der Waals surface area contributed by atoms with Crippen LogP contribution < -0.4 is 4.90 Å². The Balaban J connectivity index is 1.50. The van der Waals surface area contributed by atoms with E-state index in [1.807, 2.05) is 0 Å². The van der Waals surface area contributed by atoms with Crippen molar-refractivity contribution in [2.45, 2.75) is 30.6 Å². The number of aromatic carboxylic acids is 1. The lowest BCUT2D eigenvalue weighted by atomic mass is 9.92. The Morgan fingerprint density at radius 1 is 1.00 bits per heavy atom. The third-order valence-corrected chi connectivity index (χ3v) is 7.94. The Kier molecular flexibility index (Phi) is 5.81. The number of carboxylic acid groups (broad SMARTS) is 1. The van der Waals surface area contributed by atoms with E-state index in [0.29, 0.717) is 43.5 Å². The summed E-state index contributed by atoms with van der Waals surface area (Å²) in [5.74, 6) is -2.30. The van der Waals surface area contributed by atoms with E-state index in [0.717, 1.165) is 6.07 Å². The van der Waals surface area contributed by atoms with Gasteiger partial charge in [-0.3, -0.25) is 4.79 Å². The zero-order valence-electron chi connectivity index (χ0n) is 16.8. The Morgan fingerprint density at radius 3 is 2.39 bits per heavy atom. The first-order valence-corrected chi connectivity index (χ1v) is 11.7. The molecule has 31 heavy (non-hydrogen) atoms. The highest BCUT2D eigenvalue weighted by Crippen LogP contribution is 2.33. The standard InChI is InChI=1S/C22H23FN2O5S/c23-18-7-1-2-9-20(18)31(29,30)24-13-10-15(11-14-24)21(26)25-12-4-6-16-17(22(27)28)5-3-8-19(16)25/h1-3,5,7-9,15H,4,6,10-14H2,(H,27,28). The van der Waals surface area contributed by atoms with Gasteiger partial charge in [0.1, 0.15) is 10.7 Å². The van der Waals surface area contributed by atoms with Gasteiger partial charge in [-0.1, -0.05) is 18.2 Å². The number of hydrogen-bond acceptors (Lipinski definition) is 4. The smallest absolute Gasteiger partial charge is 0.336 e. The number of sulfonamides is 1. The lowest BCUT2D eigenvalue weighted by Gasteiger charge is -2.36. The van der Waals surface area contributed by atoms with Crippen LogP contribution in [0, 0.1) is 11.7 Å². The molecule has 0 unspecified atom stereocenters. The predicted octanol–water partition coefficient (Wildman–Crippen LogP) is 2.90. The van der Waals surface area contributed by atoms with Crippen LogP contribution in [0.2, 0.25) is 0 Å². The molecule has 1 saturated heterocycles. The number of piperidine rings is 1. The molecule has 0 atom stereocenters. The molecule has 4 rings (SSSR count). The monoisotopic (exact) mass is 446 g/mol. The zero-order valence-corrected chi connectivity index (χ0v) is 17.6. The number of rotatable bonds is 4. The molecular weight excluding hydrogens is 423 g/mol. The third kappa shape index (κ3) is 3.95. The maximum Gasteiger partial charge on any atom is 0.336 e. The van der Waals surface area contributed by atoms with Crippen molar-refractivity contribution in [1.29, 1.82) is 0 Å². The van der Waals surface area contributed by atoms with Crippen LogP contribution in [0.3, 0.4) is 0 Å². The molecule has 0 aromatic heterocycles. The van der Waals surface area contributed by atoms with E-state index in [-0.39, 0.29) is 35.4 Å². The molecule has 2 aliphatic heterocycles. The minimum absolute atomic E-state index is 0.119. The molecule has 9 heteroatoms. The van der Waals surface area contributed by atoms with Crippen molar-refractivity contribution in [2.24, 2.45) is 5.92 Å². The highest BCUT2D eigenvalue weighted by Gasteiger charge is 2.36. The van der Waals surface area contributed by atoms with E-state index in [9.17, 15) is 27.5 Å². The van der Waals surface area contributed by atoms with E-state index in [4.69, 9.17) is 0 Å². The molecule has 0 saturated carbocycles. The molecule has 0 bridgehead atoms. The highest BCUT2D eigenvalue weighted by atomic mass is 32.2. The van der Waals surface area contributed by atoms with Crippen LogP contribution in [0.15, 0.2) is 47.4 Å². The van der Waals surface area contributed by atoms with Crippen LogP contribution in [-0.4, -0.2) is 49.3 Å². The molecule has 2 heterocycles. The van der Waals surface area contributed by atoms with Crippen LogP contribution in [0.5, 0.6) is 0 Å². The van der Waals surface area contributed by atoms with Gasteiger partial charge in [0.05, 0.1) is 5.56 Å². The first-order chi connectivity index (χ1) is 14.8. The van der Waals surface area contributed by atoms with E-state index in [2.05, 4.69) is 0 Å². The molecule has 1 amide bonds. The number of benzene rings is 2. The fourth-order valence-electron chi connectivity index (χ4n) is 4.41. The summed E-state index contributed by atoms with van der Waals surface area (Å²) in [4.78, 5) is 26.0. The lowest BCUT2D eigenvalue weighted by molar-refractivity contribution is -0.123. The van der Waals surface area contributed by atoms with Crippen LogP contribution in [-0.2, 0) is 21.2 Å². The lowest BCUT2D eigenvalue weighted by Crippen LogP contribution is -2.46. The Hall–Kier alpha value is -2.78. The molecule has 1 fully saturated rings. The quantitative estimate of drug-likeness (QED) is 0.779. The number of carbonyl (C=O) groups is 2. The second-order valence-corrected chi connectivity index (χ2v) is 9.72. The summed E-state index contributed by atoms with van der Waals surface area (Å²) < 4.78 is 40.8.